The van der Waals surface area contributed by atoms with Gasteiger partial charge in [-0.15, -0.1) is 5.06 Å². The molecule has 0 radical (unpaired) electrons. The van der Waals surface area contributed by atoms with Crippen LogP contribution < -0.4 is 0 Å². The van der Waals surface area contributed by atoms with E-state index in [1.165, 1.54) is 0 Å². The fraction of sp³-hybridized carbons (Fsp3) is 1.00. The highest BCUT2D eigenvalue weighted by molar-refractivity contribution is 4.65. The molecule has 0 N–H and O–H groups in total. The van der Waals surface area contributed by atoms with Gasteiger partial charge in [0.1, 0.15) is 6.42 Å². The van der Waals surface area contributed by atoms with Crippen molar-refractivity contribution in [1.29, 1.82) is 0 Å². The van der Waals surface area contributed by atoms with E-state index in [2.05, 4.69) is 4.84 Å². The third-order valence-corrected chi connectivity index (χ3v) is 1.15. The van der Waals surface area contributed by atoms with Crippen molar-refractivity contribution in [2.24, 2.45) is 0 Å². The summed E-state index contributed by atoms with van der Waals surface area (Å²) in [6, 6.07) is -4.02. The van der Waals surface area contributed by atoms with E-state index in [0.29, 0.717) is 0 Å². The van der Waals surface area contributed by atoms with E-state index in [1.807, 2.05) is 0 Å². The van der Waals surface area contributed by atoms with Gasteiger partial charge in [-0.1, -0.05) is 0 Å². The second-order valence-corrected chi connectivity index (χ2v) is 2.14. The zero-order chi connectivity index (χ0) is 9.99. The molecule has 0 aliphatic rings. The van der Waals surface area contributed by atoms with Crippen molar-refractivity contribution in [3.8, 4) is 0 Å². The van der Waals surface area contributed by atoms with Crippen LogP contribution in [0.1, 0.15) is 6.42 Å². The van der Waals surface area contributed by atoms with E-state index in [4.69, 9.17) is 0 Å². The number of alkyl halides is 5. The van der Waals surface area contributed by atoms with Crippen molar-refractivity contribution in [2.45, 2.75) is 18.6 Å². The molecule has 0 spiro atoms. The summed E-state index contributed by atoms with van der Waals surface area (Å²) < 4.78 is 59.2. The Morgan fingerprint density at radius 1 is 1.17 bits per heavy atom. The zero-order valence-corrected chi connectivity index (χ0v) is 6.45. The highest BCUT2D eigenvalue weighted by Gasteiger charge is 2.47. The quantitative estimate of drug-likeness (QED) is 0.386. The van der Waals surface area contributed by atoms with Crippen LogP contribution in [0.5, 0.6) is 0 Å². The average molecular weight is 193 g/mol. The van der Waals surface area contributed by atoms with Gasteiger partial charge in [-0.05, 0) is 0 Å². The van der Waals surface area contributed by atoms with Crippen LogP contribution in [0, 0.1) is 0 Å². The lowest BCUT2D eigenvalue weighted by atomic mass is 10.3. The largest absolute Gasteiger partial charge is 0.396 e. The smallest absolute Gasteiger partial charge is 0.297 e. The predicted octanol–water partition coefficient (Wildman–Crippen LogP) is 2.02. The van der Waals surface area contributed by atoms with Crippen molar-refractivity contribution in [3.63, 3.8) is 0 Å². The van der Waals surface area contributed by atoms with Crippen molar-refractivity contribution in [3.05, 3.63) is 0 Å². The minimum Gasteiger partial charge on any atom is -0.297 e. The van der Waals surface area contributed by atoms with Gasteiger partial charge in [-0.3, -0.25) is 4.84 Å². The maximum absolute atomic E-state index is 12.4. The van der Waals surface area contributed by atoms with Crippen LogP contribution in [0.25, 0.3) is 0 Å². The number of rotatable bonds is 3. The average Bonchev–Trinajstić information content (AvgIpc) is 1.80. The summed E-state index contributed by atoms with van der Waals surface area (Å²) in [5.41, 5.74) is 0. The van der Waals surface area contributed by atoms with E-state index in [1.54, 1.807) is 0 Å². The molecule has 12 heavy (non-hydrogen) atoms. The Morgan fingerprint density at radius 3 is 1.83 bits per heavy atom. The van der Waals surface area contributed by atoms with E-state index in [-0.39, 0.29) is 5.06 Å². The Labute approximate surface area is 65.9 Å². The Hall–Kier alpha value is -0.430. The Balaban J connectivity index is 4.22. The lowest BCUT2D eigenvalue weighted by molar-refractivity contribution is -0.321. The van der Waals surface area contributed by atoms with Gasteiger partial charge in [-0.2, -0.15) is 22.0 Å². The molecule has 0 aromatic heterocycles. The molecule has 74 valence electrons. The van der Waals surface area contributed by atoms with Gasteiger partial charge in [0.15, 0.2) is 0 Å². The third kappa shape index (κ3) is 3.82. The van der Waals surface area contributed by atoms with Crippen molar-refractivity contribution in [1.82, 2.24) is 5.06 Å². The minimum atomic E-state index is -4.91. The van der Waals surface area contributed by atoms with Crippen LogP contribution in [-0.4, -0.2) is 31.4 Å². The van der Waals surface area contributed by atoms with E-state index in [9.17, 15) is 22.0 Å². The molecule has 0 heterocycles. The lowest BCUT2D eigenvalue weighted by Crippen LogP contribution is -2.41. The fourth-order valence-electron chi connectivity index (χ4n) is 0.486. The fourth-order valence-corrected chi connectivity index (χ4v) is 0.486. The number of halogens is 5. The third-order valence-electron chi connectivity index (χ3n) is 1.15. The molecule has 0 saturated heterocycles. The van der Waals surface area contributed by atoms with E-state index >= 15 is 0 Å². The van der Waals surface area contributed by atoms with Crippen LogP contribution in [0.3, 0.4) is 0 Å². The number of hydrogen-bond acceptors (Lipinski definition) is 2. The second-order valence-electron chi connectivity index (χ2n) is 2.14. The molecule has 0 unspecified atom stereocenters. The molecule has 0 atom stereocenters. The van der Waals surface area contributed by atoms with Gasteiger partial charge in [0.05, 0.1) is 7.11 Å². The summed E-state index contributed by atoms with van der Waals surface area (Å²) >= 11 is 0. The topological polar surface area (TPSA) is 12.5 Å². The molecule has 0 bridgehead atoms. The molecular weight excluding hydrogens is 185 g/mol. The van der Waals surface area contributed by atoms with Gasteiger partial charge in [0.2, 0.25) is 0 Å². The van der Waals surface area contributed by atoms with Gasteiger partial charge in [-0.25, -0.2) is 0 Å². The number of nitrogens with zero attached hydrogens (tertiary/aromatic N) is 1. The zero-order valence-electron chi connectivity index (χ0n) is 6.45. The van der Waals surface area contributed by atoms with Crippen LogP contribution in [0.15, 0.2) is 0 Å². The van der Waals surface area contributed by atoms with Gasteiger partial charge < -0.3 is 0 Å². The molecule has 7 heteroatoms. The van der Waals surface area contributed by atoms with Crippen LogP contribution in [0.4, 0.5) is 22.0 Å². The Morgan fingerprint density at radius 2 is 1.58 bits per heavy atom. The molecule has 0 aliphatic carbocycles. The van der Waals surface area contributed by atoms with Gasteiger partial charge in [0.25, 0.3) is 0 Å². The van der Waals surface area contributed by atoms with Crippen LogP contribution in [-0.2, 0) is 4.84 Å². The monoisotopic (exact) mass is 193 g/mol. The first kappa shape index (κ1) is 11.6. The lowest BCUT2D eigenvalue weighted by Gasteiger charge is -2.25. The van der Waals surface area contributed by atoms with E-state index < -0.39 is 18.6 Å². The number of hydrogen-bond donors (Lipinski definition) is 0. The van der Waals surface area contributed by atoms with Crippen LogP contribution >= 0.6 is 0 Å². The number of hydroxylamine groups is 2. The highest BCUT2D eigenvalue weighted by Crippen LogP contribution is 2.33. The van der Waals surface area contributed by atoms with Crippen LogP contribution in [0.2, 0.25) is 0 Å². The highest BCUT2D eigenvalue weighted by atomic mass is 19.4. The molecule has 2 nitrogen and oxygen atoms in total. The summed E-state index contributed by atoms with van der Waals surface area (Å²) in [7, 11) is 1.59. The molecule has 0 amide bonds. The standard InChI is InChI=1S/C5H8F5NO/c1-11(12-2)5(9,10)3-4(6,7)8/h3H2,1-2H3. The molecule has 0 rings (SSSR count). The summed E-state index contributed by atoms with van der Waals surface area (Å²) in [5, 5.41) is -0.138. The molecule has 0 aromatic carbocycles. The molecular formula is C5H8F5NO. The van der Waals surface area contributed by atoms with Crippen molar-refractivity contribution < 1.29 is 26.8 Å². The summed E-state index contributed by atoms with van der Waals surface area (Å²) in [6.45, 7) is 0. The maximum atomic E-state index is 12.4. The SMILES string of the molecule is CON(C)C(F)(F)CC(F)(F)F. The van der Waals surface area contributed by atoms with Crippen molar-refractivity contribution in [2.75, 3.05) is 14.2 Å². The van der Waals surface area contributed by atoms with Crippen molar-refractivity contribution >= 4 is 0 Å². The summed E-state index contributed by atoms with van der Waals surface area (Å²) in [5.74, 6) is 0. The first-order chi connectivity index (χ1) is 5.19. The summed E-state index contributed by atoms with van der Waals surface area (Å²) in [4.78, 5) is 3.94. The molecule has 0 aliphatic heterocycles. The Kier molecular flexibility index (Phi) is 3.40. The molecule has 0 fully saturated rings. The van der Waals surface area contributed by atoms with Gasteiger partial charge >= 0.3 is 12.2 Å². The second kappa shape index (κ2) is 3.53. The Bertz CT molecular complexity index is 145. The molecule has 0 saturated carbocycles. The van der Waals surface area contributed by atoms with Gasteiger partial charge in [0, 0.05) is 7.05 Å². The van der Waals surface area contributed by atoms with E-state index in [0.717, 1.165) is 14.2 Å². The molecule has 0 aromatic rings. The maximum Gasteiger partial charge on any atom is 0.396 e. The normalized spacial score (nSPS) is 14.0. The first-order valence-corrected chi connectivity index (χ1v) is 2.91. The first-order valence-electron chi connectivity index (χ1n) is 2.91. The predicted molar refractivity (Wildman–Crippen MR) is 30.4 cm³/mol. The minimum absolute atomic E-state index is 0.138. The summed E-state index contributed by atoms with van der Waals surface area (Å²) in [6.07, 6.45) is -7.12.